The lowest BCUT2D eigenvalue weighted by atomic mass is 10.2. The largest absolute Gasteiger partial charge is 0.449 e. The van der Waals surface area contributed by atoms with Crippen molar-refractivity contribution in [1.82, 2.24) is 4.98 Å². The Hall–Kier alpha value is -3.04. The Morgan fingerprint density at radius 1 is 1.10 bits per heavy atom. The molecule has 0 spiro atoms. The molecule has 0 radical (unpaired) electrons. The van der Waals surface area contributed by atoms with Crippen LogP contribution in [0.1, 0.15) is 17.3 Å². The Balaban J connectivity index is 1.64. The molecule has 0 aliphatic rings. The number of sulfone groups is 1. The van der Waals surface area contributed by atoms with Crippen LogP contribution in [-0.4, -0.2) is 37.6 Å². The quantitative estimate of drug-likeness (QED) is 0.602. The Labute approximate surface area is 172 Å². The van der Waals surface area contributed by atoms with Gasteiger partial charge in [0, 0.05) is 17.2 Å². The number of carbonyl (C=O) groups is 2. The zero-order valence-corrected chi connectivity index (χ0v) is 17.3. The van der Waals surface area contributed by atoms with Crippen LogP contribution in [0.4, 0.5) is 5.13 Å². The number of anilines is 1. The van der Waals surface area contributed by atoms with Crippen LogP contribution in [0.5, 0.6) is 0 Å². The predicted molar refractivity (Wildman–Crippen MR) is 111 cm³/mol. The maximum absolute atomic E-state index is 12.3. The summed E-state index contributed by atoms with van der Waals surface area (Å²) in [6, 6.07) is 15.0. The van der Waals surface area contributed by atoms with Crippen LogP contribution in [-0.2, 0) is 19.4 Å². The van der Waals surface area contributed by atoms with Crippen LogP contribution in [0, 0.1) is 0 Å². The van der Waals surface area contributed by atoms with Gasteiger partial charge in [0.15, 0.2) is 21.1 Å². The number of nitrogens with one attached hydrogen (secondary N) is 1. The third-order valence-electron chi connectivity index (χ3n) is 3.95. The second-order valence-electron chi connectivity index (χ2n) is 6.24. The van der Waals surface area contributed by atoms with E-state index < -0.39 is 27.8 Å². The first kappa shape index (κ1) is 20.7. The van der Waals surface area contributed by atoms with Gasteiger partial charge in [-0.1, -0.05) is 36.4 Å². The van der Waals surface area contributed by atoms with Gasteiger partial charge in [-0.05, 0) is 25.1 Å². The van der Waals surface area contributed by atoms with E-state index in [1.165, 1.54) is 42.5 Å². The number of amides is 1. The van der Waals surface area contributed by atoms with Crippen LogP contribution in [0.25, 0.3) is 11.3 Å². The summed E-state index contributed by atoms with van der Waals surface area (Å²) < 4.78 is 28.4. The minimum atomic E-state index is -3.46. The van der Waals surface area contributed by atoms with Gasteiger partial charge in [0.25, 0.3) is 5.91 Å². The molecule has 150 valence electrons. The maximum atomic E-state index is 12.3. The molecule has 3 rings (SSSR count). The zero-order chi connectivity index (χ0) is 21.0. The van der Waals surface area contributed by atoms with Gasteiger partial charge in [0.05, 0.1) is 16.2 Å². The molecule has 0 aliphatic heterocycles. The summed E-state index contributed by atoms with van der Waals surface area (Å²) in [6.07, 6.45) is -0.0425. The molecule has 0 aliphatic carbocycles. The fourth-order valence-electron chi connectivity index (χ4n) is 2.42. The molecular weight excluding hydrogens is 412 g/mol. The molecule has 0 saturated heterocycles. The number of aromatic nitrogens is 1. The fourth-order valence-corrected chi connectivity index (χ4v) is 3.80. The number of esters is 1. The van der Waals surface area contributed by atoms with E-state index in [-0.39, 0.29) is 10.5 Å². The standard InChI is InChI=1S/C20H18N2O5S2/c1-13(27-19(24)15-9-6-10-16(11-15)29(2,25)26)18(23)22-20-21-17(12-28-20)14-7-4-3-5-8-14/h3-13H,1-2H3,(H,21,22,23). The van der Waals surface area contributed by atoms with Crippen molar-refractivity contribution >= 4 is 38.2 Å². The molecule has 1 atom stereocenters. The van der Waals surface area contributed by atoms with E-state index in [2.05, 4.69) is 10.3 Å². The first-order valence-electron chi connectivity index (χ1n) is 8.57. The van der Waals surface area contributed by atoms with Gasteiger partial charge in [0.1, 0.15) is 0 Å². The minimum Gasteiger partial charge on any atom is -0.449 e. The fraction of sp³-hybridized carbons (Fsp3) is 0.150. The normalized spacial score (nSPS) is 12.2. The van der Waals surface area contributed by atoms with Crippen LogP contribution in [0.2, 0.25) is 0 Å². The molecule has 0 saturated carbocycles. The number of hydrogen-bond acceptors (Lipinski definition) is 7. The summed E-state index contributed by atoms with van der Waals surface area (Å²) in [6.45, 7) is 1.43. The van der Waals surface area contributed by atoms with E-state index in [0.717, 1.165) is 17.5 Å². The van der Waals surface area contributed by atoms with E-state index in [1.54, 1.807) is 0 Å². The summed E-state index contributed by atoms with van der Waals surface area (Å²) in [7, 11) is -3.46. The summed E-state index contributed by atoms with van der Waals surface area (Å²) >= 11 is 1.26. The molecule has 1 amide bonds. The second-order valence-corrected chi connectivity index (χ2v) is 9.11. The number of hydrogen-bond donors (Lipinski definition) is 1. The summed E-state index contributed by atoms with van der Waals surface area (Å²) in [5.41, 5.74) is 1.70. The minimum absolute atomic E-state index is 0.000261. The summed E-state index contributed by atoms with van der Waals surface area (Å²) in [5, 5.41) is 4.82. The highest BCUT2D eigenvalue weighted by atomic mass is 32.2. The molecule has 2 aromatic carbocycles. The zero-order valence-electron chi connectivity index (χ0n) is 15.7. The number of thiazole rings is 1. The monoisotopic (exact) mass is 430 g/mol. The highest BCUT2D eigenvalue weighted by Gasteiger charge is 2.21. The van der Waals surface area contributed by atoms with Crippen molar-refractivity contribution < 1.29 is 22.7 Å². The summed E-state index contributed by atoms with van der Waals surface area (Å²) in [5.74, 6) is -1.33. The van der Waals surface area contributed by atoms with Gasteiger partial charge < -0.3 is 4.74 Å². The number of nitrogens with zero attached hydrogens (tertiary/aromatic N) is 1. The van der Waals surface area contributed by atoms with Crippen molar-refractivity contribution in [2.24, 2.45) is 0 Å². The predicted octanol–water partition coefficient (Wildman–Crippen LogP) is 3.40. The Kier molecular flexibility index (Phi) is 6.09. The number of ether oxygens (including phenoxy) is 1. The van der Waals surface area contributed by atoms with Crippen molar-refractivity contribution in [1.29, 1.82) is 0 Å². The highest BCUT2D eigenvalue weighted by molar-refractivity contribution is 7.90. The van der Waals surface area contributed by atoms with Gasteiger partial charge in [0.2, 0.25) is 0 Å². The van der Waals surface area contributed by atoms with Crippen molar-refractivity contribution in [3.8, 4) is 11.3 Å². The average Bonchev–Trinajstić information content (AvgIpc) is 3.16. The average molecular weight is 431 g/mol. The molecule has 7 nitrogen and oxygen atoms in total. The lowest BCUT2D eigenvalue weighted by molar-refractivity contribution is -0.123. The SMILES string of the molecule is CC(OC(=O)c1cccc(S(C)(=O)=O)c1)C(=O)Nc1nc(-c2ccccc2)cs1. The van der Waals surface area contributed by atoms with Crippen molar-refractivity contribution in [2.75, 3.05) is 11.6 Å². The topological polar surface area (TPSA) is 102 Å². The van der Waals surface area contributed by atoms with Gasteiger partial charge in [-0.15, -0.1) is 11.3 Å². The third kappa shape index (κ3) is 5.27. The Morgan fingerprint density at radius 3 is 2.52 bits per heavy atom. The highest BCUT2D eigenvalue weighted by Crippen LogP contribution is 2.24. The first-order chi connectivity index (χ1) is 13.7. The first-order valence-corrected chi connectivity index (χ1v) is 11.3. The lowest BCUT2D eigenvalue weighted by Crippen LogP contribution is -2.30. The van der Waals surface area contributed by atoms with Gasteiger partial charge >= 0.3 is 5.97 Å². The van der Waals surface area contributed by atoms with E-state index in [1.807, 2.05) is 35.7 Å². The molecular formula is C20H18N2O5S2. The van der Waals surface area contributed by atoms with E-state index >= 15 is 0 Å². The maximum Gasteiger partial charge on any atom is 0.338 e. The summed E-state index contributed by atoms with van der Waals surface area (Å²) in [4.78, 5) is 29.0. The van der Waals surface area contributed by atoms with Crippen LogP contribution in [0.15, 0.2) is 64.9 Å². The van der Waals surface area contributed by atoms with Crippen LogP contribution in [0.3, 0.4) is 0 Å². The number of rotatable bonds is 6. The second kappa shape index (κ2) is 8.54. The van der Waals surface area contributed by atoms with Crippen molar-refractivity contribution in [2.45, 2.75) is 17.9 Å². The molecule has 1 N–H and O–H groups in total. The van der Waals surface area contributed by atoms with Gasteiger partial charge in [-0.2, -0.15) is 0 Å². The van der Waals surface area contributed by atoms with E-state index in [0.29, 0.717) is 5.13 Å². The van der Waals surface area contributed by atoms with Crippen molar-refractivity contribution in [3.63, 3.8) is 0 Å². The van der Waals surface area contributed by atoms with E-state index in [4.69, 9.17) is 4.74 Å². The Morgan fingerprint density at radius 2 is 1.83 bits per heavy atom. The van der Waals surface area contributed by atoms with Crippen LogP contribution < -0.4 is 5.32 Å². The molecule has 3 aromatic rings. The Bertz CT molecular complexity index is 1140. The smallest absolute Gasteiger partial charge is 0.338 e. The molecule has 0 bridgehead atoms. The number of benzene rings is 2. The van der Waals surface area contributed by atoms with Gasteiger partial charge in [-0.3, -0.25) is 10.1 Å². The molecule has 29 heavy (non-hydrogen) atoms. The van der Waals surface area contributed by atoms with E-state index in [9.17, 15) is 18.0 Å². The number of carbonyl (C=O) groups excluding carboxylic acids is 2. The molecule has 1 unspecified atom stereocenters. The van der Waals surface area contributed by atoms with Gasteiger partial charge in [-0.25, -0.2) is 18.2 Å². The molecule has 9 heteroatoms. The lowest BCUT2D eigenvalue weighted by Gasteiger charge is -2.12. The third-order valence-corrected chi connectivity index (χ3v) is 5.82. The molecule has 1 heterocycles. The van der Waals surface area contributed by atoms with Crippen LogP contribution >= 0.6 is 11.3 Å². The molecule has 1 aromatic heterocycles. The van der Waals surface area contributed by atoms with Crippen molar-refractivity contribution in [3.05, 3.63) is 65.5 Å². The molecule has 0 fully saturated rings.